The van der Waals surface area contributed by atoms with Crippen LogP contribution in [0.5, 0.6) is 0 Å². The van der Waals surface area contributed by atoms with E-state index >= 15 is 0 Å². The van der Waals surface area contributed by atoms with Gasteiger partial charge in [0.1, 0.15) is 0 Å². The summed E-state index contributed by atoms with van der Waals surface area (Å²) in [4.78, 5) is 25.9. The van der Waals surface area contributed by atoms with Crippen molar-refractivity contribution >= 4 is 23.2 Å². The summed E-state index contributed by atoms with van der Waals surface area (Å²) in [6.07, 6.45) is 4.46. The third kappa shape index (κ3) is 3.35. The van der Waals surface area contributed by atoms with E-state index in [1.807, 2.05) is 12.1 Å². The molecule has 1 aromatic carbocycles. The molecule has 2 amide bonds. The number of nitrogens with one attached hydrogen (secondary N) is 2. The van der Waals surface area contributed by atoms with Crippen molar-refractivity contribution in [3.8, 4) is 0 Å². The Morgan fingerprint density at radius 1 is 1.19 bits per heavy atom. The summed E-state index contributed by atoms with van der Waals surface area (Å²) in [6.45, 7) is 3.45. The maximum absolute atomic E-state index is 12.5. The van der Waals surface area contributed by atoms with Crippen LogP contribution < -0.4 is 15.5 Å². The molecule has 5 heteroatoms. The quantitative estimate of drug-likeness (QED) is 0.892. The molecule has 0 radical (unpaired) electrons. The lowest BCUT2D eigenvalue weighted by Gasteiger charge is -2.22. The molecule has 1 aromatic rings. The number of benzene rings is 1. The summed E-state index contributed by atoms with van der Waals surface area (Å²) in [5.41, 5.74) is 2.31. The fourth-order valence-electron chi connectivity index (χ4n) is 2.72. The van der Waals surface area contributed by atoms with Gasteiger partial charge in [-0.1, -0.05) is 0 Å². The third-order valence-electron chi connectivity index (χ3n) is 3.92. The van der Waals surface area contributed by atoms with Crippen molar-refractivity contribution in [2.24, 2.45) is 0 Å². The van der Waals surface area contributed by atoms with Crippen LogP contribution in [0, 0.1) is 0 Å². The van der Waals surface area contributed by atoms with E-state index < -0.39 is 0 Å². The minimum atomic E-state index is -0.127. The van der Waals surface area contributed by atoms with Gasteiger partial charge in [-0.2, -0.15) is 0 Å². The number of carbonyl (C=O) groups is 2. The monoisotopic (exact) mass is 287 g/mol. The van der Waals surface area contributed by atoms with E-state index in [0.29, 0.717) is 17.3 Å². The maximum Gasteiger partial charge on any atom is 0.253 e. The van der Waals surface area contributed by atoms with Crippen LogP contribution in [-0.2, 0) is 4.79 Å². The van der Waals surface area contributed by atoms with Crippen molar-refractivity contribution in [2.75, 3.05) is 23.3 Å². The van der Waals surface area contributed by atoms with Crippen LogP contribution in [0.25, 0.3) is 0 Å². The van der Waals surface area contributed by atoms with Crippen LogP contribution in [0.3, 0.4) is 0 Å². The van der Waals surface area contributed by atoms with E-state index in [9.17, 15) is 9.59 Å². The van der Waals surface area contributed by atoms with E-state index in [4.69, 9.17) is 0 Å². The lowest BCUT2D eigenvalue weighted by Crippen LogP contribution is -2.29. The zero-order chi connectivity index (χ0) is 14.8. The van der Waals surface area contributed by atoms with Gasteiger partial charge in [0.05, 0.1) is 5.56 Å². The van der Waals surface area contributed by atoms with E-state index in [1.54, 1.807) is 6.07 Å². The van der Waals surface area contributed by atoms with Crippen molar-refractivity contribution < 1.29 is 9.59 Å². The Balaban J connectivity index is 1.89. The molecule has 5 nitrogen and oxygen atoms in total. The third-order valence-corrected chi connectivity index (χ3v) is 3.92. The first-order valence-electron chi connectivity index (χ1n) is 7.61. The molecular weight excluding hydrogens is 266 g/mol. The Morgan fingerprint density at radius 2 is 1.90 bits per heavy atom. The molecule has 3 rings (SSSR count). The normalized spacial score (nSPS) is 17.7. The van der Waals surface area contributed by atoms with Crippen molar-refractivity contribution in [3.63, 3.8) is 0 Å². The highest BCUT2D eigenvalue weighted by molar-refractivity contribution is 6.02. The van der Waals surface area contributed by atoms with Crippen LogP contribution >= 0.6 is 0 Å². The lowest BCUT2D eigenvalue weighted by atomic mass is 10.1. The molecule has 0 unspecified atom stereocenters. The number of anilines is 2. The van der Waals surface area contributed by atoms with Gasteiger partial charge < -0.3 is 15.5 Å². The molecule has 21 heavy (non-hydrogen) atoms. The number of hydrogen-bond donors (Lipinski definition) is 2. The summed E-state index contributed by atoms with van der Waals surface area (Å²) >= 11 is 0. The first-order chi connectivity index (χ1) is 10.1. The second kappa shape index (κ2) is 5.76. The molecule has 0 atom stereocenters. The predicted octanol–water partition coefficient (Wildman–Crippen LogP) is 2.14. The maximum atomic E-state index is 12.5. The first-order valence-corrected chi connectivity index (χ1v) is 7.61. The van der Waals surface area contributed by atoms with Gasteiger partial charge in [-0.25, -0.2) is 0 Å². The van der Waals surface area contributed by atoms with E-state index in [1.165, 1.54) is 6.92 Å². The molecule has 0 bridgehead atoms. The average Bonchev–Trinajstić information content (AvgIpc) is 3.09. The second-order valence-electron chi connectivity index (χ2n) is 5.86. The Hall–Kier alpha value is -2.04. The Morgan fingerprint density at radius 3 is 2.52 bits per heavy atom. The standard InChI is InChI=1S/C16H21N3O2/c1-11(20)17-13-6-7-15(19-8-2-3-9-19)14(10-13)16(21)18-12-4-5-12/h6-7,10,12H,2-5,8-9H2,1H3,(H,17,20)(H,18,21). The summed E-state index contributed by atoms with van der Waals surface area (Å²) in [6, 6.07) is 5.92. The van der Waals surface area contributed by atoms with E-state index in [0.717, 1.165) is 44.5 Å². The van der Waals surface area contributed by atoms with E-state index in [-0.39, 0.29) is 11.8 Å². The van der Waals surface area contributed by atoms with E-state index in [2.05, 4.69) is 15.5 Å². The van der Waals surface area contributed by atoms with Gasteiger partial charge in [0.2, 0.25) is 5.91 Å². The number of carbonyl (C=O) groups excluding carboxylic acids is 2. The van der Waals surface area contributed by atoms with Crippen molar-refractivity contribution in [1.82, 2.24) is 5.32 Å². The number of nitrogens with zero attached hydrogens (tertiary/aromatic N) is 1. The van der Waals surface area contributed by atoms with Crippen LogP contribution in [-0.4, -0.2) is 30.9 Å². The van der Waals surface area contributed by atoms with Crippen molar-refractivity contribution in [1.29, 1.82) is 0 Å². The average molecular weight is 287 g/mol. The molecule has 2 fully saturated rings. The van der Waals surface area contributed by atoms with Gasteiger partial charge in [0, 0.05) is 37.4 Å². The van der Waals surface area contributed by atoms with Crippen molar-refractivity contribution in [3.05, 3.63) is 23.8 Å². The van der Waals surface area contributed by atoms with Gasteiger partial charge >= 0.3 is 0 Å². The largest absolute Gasteiger partial charge is 0.371 e. The fourth-order valence-corrected chi connectivity index (χ4v) is 2.72. The molecule has 1 heterocycles. The highest BCUT2D eigenvalue weighted by Gasteiger charge is 2.26. The second-order valence-corrected chi connectivity index (χ2v) is 5.86. The summed E-state index contributed by atoms with van der Waals surface area (Å²) in [5.74, 6) is -0.163. The predicted molar refractivity (Wildman–Crippen MR) is 82.7 cm³/mol. The van der Waals surface area contributed by atoms with Crippen LogP contribution in [0.15, 0.2) is 18.2 Å². The molecule has 2 N–H and O–H groups in total. The Bertz CT molecular complexity index is 561. The first kappa shape index (κ1) is 13.9. The van der Waals surface area contributed by atoms with Crippen LogP contribution in [0.2, 0.25) is 0 Å². The minimum absolute atomic E-state index is 0.0356. The molecule has 1 aliphatic carbocycles. The van der Waals surface area contributed by atoms with Gasteiger partial charge in [0.15, 0.2) is 0 Å². The minimum Gasteiger partial charge on any atom is -0.371 e. The molecule has 0 aromatic heterocycles. The van der Waals surface area contributed by atoms with Crippen LogP contribution in [0.4, 0.5) is 11.4 Å². The number of rotatable bonds is 4. The SMILES string of the molecule is CC(=O)Nc1ccc(N2CCCC2)c(C(=O)NC2CC2)c1. The van der Waals surface area contributed by atoms with Gasteiger partial charge in [0.25, 0.3) is 5.91 Å². The molecule has 2 aliphatic rings. The van der Waals surface area contributed by atoms with Gasteiger partial charge in [-0.15, -0.1) is 0 Å². The summed E-state index contributed by atoms with van der Waals surface area (Å²) < 4.78 is 0. The van der Waals surface area contributed by atoms with Crippen LogP contribution in [0.1, 0.15) is 43.0 Å². The van der Waals surface area contributed by atoms with Gasteiger partial charge in [-0.05, 0) is 43.9 Å². The fraction of sp³-hybridized carbons (Fsp3) is 0.500. The number of hydrogen-bond acceptors (Lipinski definition) is 3. The molecule has 0 spiro atoms. The van der Waals surface area contributed by atoms with Gasteiger partial charge in [-0.3, -0.25) is 9.59 Å². The molecular formula is C16H21N3O2. The number of amides is 2. The molecule has 112 valence electrons. The Labute approximate surface area is 124 Å². The molecule has 1 aliphatic heterocycles. The zero-order valence-corrected chi connectivity index (χ0v) is 12.3. The summed E-state index contributed by atoms with van der Waals surface area (Å²) in [5, 5.41) is 5.79. The molecule has 1 saturated heterocycles. The highest BCUT2D eigenvalue weighted by Crippen LogP contribution is 2.28. The summed E-state index contributed by atoms with van der Waals surface area (Å²) in [7, 11) is 0. The zero-order valence-electron chi connectivity index (χ0n) is 12.3. The lowest BCUT2D eigenvalue weighted by molar-refractivity contribution is -0.114. The van der Waals surface area contributed by atoms with Crippen molar-refractivity contribution in [2.45, 2.75) is 38.6 Å². The highest BCUT2D eigenvalue weighted by atomic mass is 16.2. The Kier molecular flexibility index (Phi) is 3.82. The topological polar surface area (TPSA) is 61.4 Å². The molecule has 1 saturated carbocycles. The smallest absolute Gasteiger partial charge is 0.253 e.